The summed E-state index contributed by atoms with van der Waals surface area (Å²) in [5.41, 5.74) is 1.63. The summed E-state index contributed by atoms with van der Waals surface area (Å²) in [5, 5.41) is 3.89. The minimum atomic E-state index is -4.24. The zero-order valence-corrected chi connectivity index (χ0v) is 25.9. The van der Waals surface area contributed by atoms with Gasteiger partial charge in [-0.05, 0) is 68.7 Å². The van der Waals surface area contributed by atoms with Crippen LogP contribution < -0.4 is 9.62 Å². The zero-order chi connectivity index (χ0) is 29.7. The Hall–Kier alpha value is -2.78. The molecule has 0 bridgehead atoms. The van der Waals surface area contributed by atoms with Crippen LogP contribution in [0.1, 0.15) is 43.7 Å². The molecule has 41 heavy (non-hydrogen) atoms. The van der Waals surface area contributed by atoms with Crippen LogP contribution in [0.25, 0.3) is 0 Å². The van der Waals surface area contributed by atoms with Crippen LogP contribution in [0.15, 0.2) is 71.6 Å². The predicted octanol–water partition coefficient (Wildman–Crippen LogP) is 6.63. The van der Waals surface area contributed by atoms with E-state index in [0.717, 1.165) is 35.6 Å². The Kier molecular flexibility index (Phi) is 10.2. The molecule has 4 rings (SSSR count). The van der Waals surface area contributed by atoms with E-state index in [1.807, 2.05) is 6.92 Å². The first kappa shape index (κ1) is 31.2. The van der Waals surface area contributed by atoms with Crippen LogP contribution in [-0.2, 0) is 26.2 Å². The highest BCUT2D eigenvalue weighted by molar-refractivity contribution is 7.92. The number of hydrogen-bond donors (Lipinski definition) is 1. The molecule has 0 heterocycles. The number of hydrogen-bond acceptors (Lipinski definition) is 4. The molecule has 218 valence electrons. The van der Waals surface area contributed by atoms with Crippen molar-refractivity contribution in [3.8, 4) is 0 Å². The fourth-order valence-electron chi connectivity index (χ4n) is 4.83. The number of benzene rings is 3. The van der Waals surface area contributed by atoms with Gasteiger partial charge in [-0.3, -0.25) is 13.9 Å². The van der Waals surface area contributed by atoms with Gasteiger partial charge in [-0.15, -0.1) is 0 Å². The van der Waals surface area contributed by atoms with Crippen LogP contribution in [0, 0.1) is 6.92 Å². The van der Waals surface area contributed by atoms with Crippen LogP contribution in [0.2, 0.25) is 15.1 Å². The summed E-state index contributed by atoms with van der Waals surface area (Å²) in [6.07, 6.45) is 3.84. The Morgan fingerprint density at radius 1 is 0.951 bits per heavy atom. The molecule has 3 aromatic rings. The van der Waals surface area contributed by atoms with E-state index >= 15 is 0 Å². The minimum Gasteiger partial charge on any atom is -0.352 e. The van der Waals surface area contributed by atoms with Crippen LogP contribution in [0.5, 0.6) is 0 Å². The number of aryl methyl sites for hydroxylation is 1. The lowest BCUT2D eigenvalue weighted by molar-refractivity contribution is -0.139. The van der Waals surface area contributed by atoms with Gasteiger partial charge in [-0.1, -0.05) is 83.5 Å². The molecule has 0 aromatic heterocycles. The highest BCUT2D eigenvalue weighted by Gasteiger charge is 2.34. The molecule has 1 fully saturated rings. The highest BCUT2D eigenvalue weighted by Crippen LogP contribution is 2.30. The Bertz CT molecular complexity index is 1490. The summed E-state index contributed by atoms with van der Waals surface area (Å²) < 4.78 is 28.9. The number of amides is 2. The van der Waals surface area contributed by atoms with Crippen LogP contribution in [0.3, 0.4) is 0 Å². The molecule has 7 nitrogen and oxygen atoms in total. The quantitative estimate of drug-likeness (QED) is 0.271. The van der Waals surface area contributed by atoms with Gasteiger partial charge in [0.25, 0.3) is 10.0 Å². The highest BCUT2D eigenvalue weighted by atomic mass is 35.5. The van der Waals surface area contributed by atoms with Gasteiger partial charge in [0.05, 0.1) is 10.6 Å². The number of carbonyl (C=O) groups is 2. The molecule has 1 aliphatic carbocycles. The predicted molar refractivity (Wildman–Crippen MR) is 164 cm³/mol. The second-order valence-corrected chi connectivity index (χ2v) is 13.4. The molecule has 1 atom stereocenters. The van der Waals surface area contributed by atoms with E-state index in [9.17, 15) is 18.0 Å². The smallest absolute Gasteiger partial charge is 0.264 e. The van der Waals surface area contributed by atoms with E-state index in [4.69, 9.17) is 34.8 Å². The van der Waals surface area contributed by atoms with E-state index in [1.54, 1.807) is 43.3 Å². The maximum Gasteiger partial charge on any atom is 0.264 e. The van der Waals surface area contributed by atoms with Gasteiger partial charge in [-0.2, -0.15) is 0 Å². The number of carbonyl (C=O) groups excluding carboxylic acids is 2. The third kappa shape index (κ3) is 7.74. The van der Waals surface area contributed by atoms with Crippen LogP contribution in [-0.4, -0.2) is 43.8 Å². The molecule has 1 N–H and O–H groups in total. The van der Waals surface area contributed by atoms with Crippen molar-refractivity contribution >= 4 is 62.3 Å². The Morgan fingerprint density at radius 3 is 2.17 bits per heavy atom. The van der Waals surface area contributed by atoms with Crippen molar-refractivity contribution in [2.45, 2.75) is 63.1 Å². The molecule has 0 saturated heterocycles. The van der Waals surface area contributed by atoms with E-state index in [0.29, 0.717) is 10.6 Å². The summed E-state index contributed by atoms with van der Waals surface area (Å²) in [4.78, 5) is 28.7. The summed E-state index contributed by atoms with van der Waals surface area (Å²) in [6.45, 7) is 2.89. The summed E-state index contributed by atoms with van der Waals surface area (Å²) in [7, 11) is -4.24. The van der Waals surface area contributed by atoms with Gasteiger partial charge >= 0.3 is 0 Å². The van der Waals surface area contributed by atoms with Crippen LogP contribution >= 0.6 is 34.8 Å². The van der Waals surface area contributed by atoms with Crippen molar-refractivity contribution in [3.05, 3.63) is 92.9 Å². The first-order valence-electron chi connectivity index (χ1n) is 13.3. The summed E-state index contributed by atoms with van der Waals surface area (Å²) >= 11 is 18.9. The zero-order valence-electron chi connectivity index (χ0n) is 22.8. The van der Waals surface area contributed by atoms with Crippen molar-refractivity contribution in [2.24, 2.45) is 0 Å². The largest absolute Gasteiger partial charge is 0.352 e. The third-order valence-corrected chi connectivity index (χ3v) is 9.78. The normalized spacial score (nSPS) is 14.5. The lowest BCUT2D eigenvalue weighted by atomic mass is 10.1. The molecule has 1 aliphatic rings. The number of rotatable bonds is 10. The standard InChI is InChI=1S/C30H32Cl3N3O4S/c1-20-11-13-27(14-12-20)41(39,40)36(26-16-23(31)15-24(32)17-26)19-29(37)35(18-22-7-3-6-10-28(22)33)21(2)30(38)34-25-8-4-5-9-25/h3,6-7,10-17,21,25H,4-5,8-9,18-19H2,1-2H3,(H,34,38). The van der Waals surface area contributed by atoms with Gasteiger partial charge in [-0.25, -0.2) is 8.42 Å². The van der Waals surface area contributed by atoms with E-state index in [1.165, 1.54) is 35.2 Å². The van der Waals surface area contributed by atoms with E-state index < -0.39 is 28.5 Å². The van der Waals surface area contributed by atoms with Crippen molar-refractivity contribution < 1.29 is 18.0 Å². The maximum absolute atomic E-state index is 14.1. The Balaban J connectivity index is 1.72. The first-order valence-corrected chi connectivity index (χ1v) is 15.9. The van der Waals surface area contributed by atoms with Gasteiger partial charge in [0.15, 0.2) is 0 Å². The molecule has 0 radical (unpaired) electrons. The summed E-state index contributed by atoms with van der Waals surface area (Å²) in [6, 6.07) is 16.8. The van der Waals surface area contributed by atoms with Gasteiger partial charge < -0.3 is 10.2 Å². The van der Waals surface area contributed by atoms with Gasteiger partial charge in [0.2, 0.25) is 11.8 Å². The maximum atomic E-state index is 14.1. The fraction of sp³-hybridized carbons (Fsp3) is 0.333. The molecule has 2 amide bonds. The third-order valence-electron chi connectivity index (χ3n) is 7.19. The molecular weight excluding hydrogens is 605 g/mol. The molecule has 0 spiro atoms. The summed E-state index contributed by atoms with van der Waals surface area (Å²) in [5.74, 6) is -0.901. The molecule has 1 saturated carbocycles. The first-order chi connectivity index (χ1) is 19.5. The number of nitrogens with one attached hydrogen (secondary N) is 1. The molecule has 1 unspecified atom stereocenters. The fourth-order valence-corrected chi connectivity index (χ4v) is 6.94. The average Bonchev–Trinajstić information content (AvgIpc) is 3.43. The van der Waals surface area contributed by atoms with E-state index in [2.05, 4.69) is 5.32 Å². The molecule has 0 aliphatic heterocycles. The topological polar surface area (TPSA) is 86.8 Å². The van der Waals surface area contributed by atoms with Crippen LogP contribution in [0.4, 0.5) is 5.69 Å². The van der Waals surface area contributed by atoms with Gasteiger partial charge in [0, 0.05) is 27.7 Å². The van der Waals surface area contributed by atoms with Gasteiger partial charge in [0.1, 0.15) is 12.6 Å². The lowest BCUT2D eigenvalue weighted by Gasteiger charge is -2.32. The van der Waals surface area contributed by atoms with Crippen molar-refractivity contribution in [1.82, 2.24) is 10.2 Å². The molecule has 3 aromatic carbocycles. The lowest BCUT2D eigenvalue weighted by Crippen LogP contribution is -2.52. The monoisotopic (exact) mass is 635 g/mol. The Morgan fingerprint density at radius 2 is 1.56 bits per heavy atom. The average molecular weight is 637 g/mol. The number of anilines is 1. The number of sulfonamides is 1. The minimum absolute atomic E-state index is 0.00308. The SMILES string of the molecule is Cc1ccc(S(=O)(=O)N(CC(=O)N(Cc2ccccc2Cl)C(C)C(=O)NC2CCCC2)c2cc(Cl)cc(Cl)c2)cc1. The molecular formula is C30H32Cl3N3O4S. The Labute approximate surface area is 256 Å². The number of halogens is 3. The van der Waals surface area contributed by atoms with E-state index in [-0.39, 0.29) is 39.1 Å². The van der Waals surface area contributed by atoms with Crippen molar-refractivity contribution in [2.75, 3.05) is 10.8 Å². The number of nitrogens with zero attached hydrogens (tertiary/aromatic N) is 2. The molecule has 11 heteroatoms. The second-order valence-electron chi connectivity index (χ2n) is 10.2. The second kappa shape index (κ2) is 13.5. The van der Waals surface area contributed by atoms with Crippen molar-refractivity contribution in [1.29, 1.82) is 0 Å². The van der Waals surface area contributed by atoms with Crippen molar-refractivity contribution in [3.63, 3.8) is 0 Å².